The van der Waals surface area contributed by atoms with E-state index in [2.05, 4.69) is 0 Å². The molecule has 0 aliphatic heterocycles. The molecule has 0 saturated carbocycles. The van der Waals surface area contributed by atoms with Gasteiger partial charge in [0.05, 0.1) is 0 Å². The van der Waals surface area contributed by atoms with Crippen molar-refractivity contribution in [3.8, 4) is 0 Å². The molecule has 1 rings (SSSR count). The Labute approximate surface area is 112 Å². The average molecular weight is 296 g/mol. The van der Waals surface area contributed by atoms with Gasteiger partial charge >= 0.3 is 6.18 Å². The molecule has 0 bridgehead atoms. The molecule has 0 aromatic heterocycles. The van der Waals surface area contributed by atoms with Crippen LogP contribution in [0.4, 0.5) is 22.0 Å². The first-order valence-corrected chi connectivity index (χ1v) is 5.52. The van der Waals surface area contributed by atoms with Crippen LogP contribution in [0.1, 0.15) is 12.5 Å². The molecule has 0 radical (unpaired) electrons. The van der Waals surface area contributed by atoms with Gasteiger partial charge in [-0.2, -0.15) is 13.2 Å². The Bertz CT molecular complexity index is 513. The molecule has 3 nitrogen and oxygen atoms in total. The van der Waals surface area contributed by atoms with Gasteiger partial charge in [0, 0.05) is 25.2 Å². The first-order valence-electron chi connectivity index (χ1n) is 5.52. The van der Waals surface area contributed by atoms with Gasteiger partial charge in [-0.15, -0.1) is 0 Å². The van der Waals surface area contributed by atoms with Gasteiger partial charge in [0.15, 0.2) is 5.54 Å². The third kappa shape index (κ3) is 3.24. The predicted molar refractivity (Wildman–Crippen MR) is 61.5 cm³/mol. The smallest absolute Gasteiger partial charge is 0.339 e. The Morgan fingerprint density at radius 1 is 1.30 bits per heavy atom. The number of rotatable bonds is 3. The number of nitrogens with zero attached hydrogens (tertiary/aromatic N) is 1. The standard InChI is InChI=1S/C12H13F5N2O/c1-11(18,12(15,16)17)10(20)19(2)6-7-3-4-8(13)5-9(7)14/h3-5H,6,18H2,1-2H3. The Morgan fingerprint density at radius 2 is 1.85 bits per heavy atom. The number of carbonyl (C=O) groups excluding carboxylic acids is 1. The summed E-state index contributed by atoms with van der Waals surface area (Å²) in [7, 11) is 1.06. The lowest BCUT2D eigenvalue weighted by atomic mass is 10.0. The molecule has 1 amide bonds. The topological polar surface area (TPSA) is 46.3 Å². The van der Waals surface area contributed by atoms with E-state index in [1.807, 2.05) is 0 Å². The molecular formula is C12H13F5N2O. The zero-order valence-corrected chi connectivity index (χ0v) is 10.8. The third-order valence-corrected chi connectivity index (χ3v) is 2.80. The maximum Gasteiger partial charge on any atom is 0.415 e. The summed E-state index contributed by atoms with van der Waals surface area (Å²) in [6, 6.07) is 2.58. The molecule has 0 spiro atoms. The minimum absolute atomic E-state index is 0.111. The number of benzene rings is 1. The second-order valence-electron chi connectivity index (χ2n) is 4.60. The number of likely N-dealkylation sites (N-methyl/N-ethyl adjacent to an activating group) is 1. The molecule has 0 aliphatic rings. The molecule has 0 aliphatic carbocycles. The van der Waals surface area contributed by atoms with Crippen molar-refractivity contribution in [3.05, 3.63) is 35.4 Å². The lowest BCUT2D eigenvalue weighted by molar-refractivity contribution is -0.193. The van der Waals surface area contributed by atoms with E-state index in [1.54, 1.807) is 0 Å². The molecule has 112 valence electrons. The lowest BCUT2D eigenvalue weighted by Gasteiger charge is -2.31. The number of hydrogen-bond donors (Lipinski definition) is 1. The maximum absolute atomic E-state index is 13.4. The Hall–Kier alpha value is -1.70. The summed E-state index contributed by atoms with van der Waals surface area (Å²) in [6.45, 7) is 0.0840. The quantitative estimate of drug-likeness (QED) is 0.869. The molecular weight excluding hydrogens is 283 g/mol. The van der Waals surface area contributed by atoms with Crippen molar-refractivity contribution in [2.24, 2.45) is 5.73 Å². The second-order valence-corrected chi connectivity index (χ2v) is 4.60. The molecule has 1 atom stereocenters. The summed E-state index contributed by atoms with van der Waals surface area (Å²) >= 11 is 0. The van der Waals surface area contributed by atoms with Crippen LogP contribution < -0.4 is 5.73 Å². The summed E-state index contributed by atoms with van der Waals surface area (Å²) in [5.41, 5.74) is 1.80. The van der Waals surface area contributed by atoms with Crippen molar-refractivity contribution in [2.75, 3.05) is 7.05 Å². The summed E-state index contributed by atoms with van der Waals surface area (Å²) in [5, 5.41) is 0. The predicted octanol–water partition coefficient (Wildman–Crippen LogP) is 2.20. The highest BCUT2D eigenvalue weighted by atomic mass is 19.4. The van der Waals surface area contributed by atoms with Crippen LogP contribution in [0, 0.1) is 11.6 Å². The minimum Gasteiger partial charge on any atom is -0.339 e. The number of carbonyl (C=O) groups is 1. The third-order valence-electron chi connectivity index (χ3n) is 2.80. The van der Waals surface area contributed by atoms with Crippen molar-refractivity contribution >= 4 is 5.91 Å². The molecule has 2 N–H and O–H groups in total. The van der Waals surface area contributed by atoms with Crippen molar-refractivity contribution in [1.82, 2.24) is 4.90 Å². The molecule has 1 aromatic carbocycles. The average Bonchev–Trinajstić information content (AvgIpc) is 2.30. The van der Waals surface area contributed by atoms with Crippen molar-refractivity contribution in [3.63, 3.8) is 0 Å². The fraction of sp³-hybridized carbons (Fsp3) is 0.417. The number of alkyl halides is 3. The van der Waals surface area contributed by atoms with Crippen LogP contribution in [0.5, 0.6) is 0 Å². The summed E-state index contributed by atoms with van der Waals surface area (Å²) in [5.74, 6) is -3.18. The Balaban J connectivity index is 2.91. The van der Waals surface area contributed by atoms with Crippen LogP contribution in [0.25, 0.3) is 0 Å². The van der Waals surface area contributed by atoms with Crippen molar-refractivity contribution in [1.29, 1.82) is 0 Å². The van der Waals surface area contributed by atoms with Crippen molar-refractivity contribution in [2.45, 2.75) is 25.2 Å². The molecule has 20 heavy (non-hydrogen) atoms. The summed E-state index contributed by atoms with van der Waals surface area (Å²) in [6.07, 6.45) is -4.93. The maximum atomic E-state index is 13.4. The highest BCUT2D eigenvalue weighted by Gasteiger charge is 2.54. The van der Waals surface area contributed by atoms with E-state index in [9.17, 15) is 26.7 Å². The fourth-order valence-corrected chi connectivity index (χ4v) is 1.49. The van der Waals surface area contributed by atoms with Crippen LogP contribution in [0.3, 0.4) is 0 Å². The van der Waals surface area contributed by atoms with E-state index >= 15 is 0 Å². The largest absolute Gasteiger partial charge is 0.415 e. The number of nitrogens with two attached hydrogens (primary N) is 1. The van der Waals surface area contributed by atoms with Crippen LogP contribution in [-0.4, -0.2) is 29.6 Å². The van der Waals surface area contributed by atoms with Gasteiger partial charge in [-0.1, -0.05) is 6.07 Å². The molecule has 8 heteroatoms. The first kappa shape index (κ1) is 16.4. The van der Waals surface area contributed by atoms with Crippen molar-refractivity contribution < 1.29 is 26.7 Å². The lowest BCUT2D eigenvalue weighted by Crippen LogP contribution is -2.61. The zero-order chi connectivity index (χ0) is 15.7. The van der Waals surface area contributed by atoms with Gasteiger partial charge in [-0.05, 0) is 13.0 Å². The van der Waals surface area contributed by atoms with Gasteiger partial charge in [0.1, 0.15) is 11.6 Å². The summed E-state index contributed by atoms with van der Waals surface area (Å²) in [4.78, 5) is 12.3. The Kier molecular flexibility index (Phi) is 4.38. The zero-order valence-electron chi connectivity index (χ0n) is 10.8. The Morgan fingerprint density at radius 3 is 2.30 bits per heavy atom. The number of hydrogen-bond acceptors (Lipinski definition) is 2. The first-order chi connectivity index (χ1) is 8.96. The highest BCUT2D eigenvalue weighted by Crippen LogP contribution is 2.29. The van der Waals surface area contributed by atoms with E-state index in [0.717, 1.165) is 19.2 Å². The molecule has 1 unspecified atom stereocenters. The van der Waals surface area contributed by atoms with Gasteiger partial charge < -0.3 is 10.6 Å². The number of amides is 1. The van der Waals surface area contributed by atoms with Gasteiger partial charge in [0.2, 0.25) is 0 Å². The van der Waals surface area contributed by atoms with Crippen LogP contribution in [-0.2, 0) is 11.3 Å². The van der Waals surface area contributed by atoms with E-state index in [-0.39, 0.29) is 5.56 Å². The van der Waals surface area contributed by atoms with Gasteiger partial charge in [0.25, 0.3) is 5.91 Å². The second kappa shape index (κ2) is 5.35. The molecule has 0 saturated heterocycles. The summed E-state index contributed by atoms with van der Waals surface area (Å²) < 4.78 is 63.9. The van der Waals surface area contributed by atoms with E-state index in [0.29, 0.717) is 17.9 Å². The molecule has 0 fully saturated rings. The van der Waals surface area contributed by atoms with E-state index in [4.69, 9.17) is 5.73 Å². The molecule has 1 aromatic rings. The number of halogens is 5. The van der Waals surface area contributed by atoms with E-state index in [1.165, 1.54) is 0 Å². The minimum atomic E-state index is -4.93. The monoisotopic (exact) mass is 296 g/mol. The van der Waals surface area contributed by atoms with Crippen LogP contribution >= 0.6 is 0 Å². The van der Waals surface area contributed by atoms with Gasteiger partial charge in [-0.3, -0.25) is 4.79 Å². The SMILES string of the molecule is CN(Cc1ccc(F)cc1F)C(=O)C(C)(N)C(F)(F)F. The van der Waals surface area contributed by atoms with Crippen LogP contribution in [0.2, 0.25) is 0 Å². The normalized spacial score (nSPS) is 14.8. The highest BCUT2D eigenvalue weighted by molar-refractivity contribution is 5.86. The van der Waals surface area contributed by atoms with E-state index < -0.39 is 35.8 Å². The van der Waals surface area contributed by atoms with Crippen LogP contribution in [0.15, 0.2) is 18.2 Å². The molecule has 0 heterocycles. The van der Waals surface area contributed by atoms with Gasteiger partial charge in [-0.25, -0.2) is 8.78 Å². The fourth-order valence-electron chi connectivity index (χ4n) is 1.49.